The summed E-state index contributed by atoms with van der Waals surface area (Å²) in [5.41, 5.74) is 11.9. The molecule has 2 N–H and O–H groups in total. The first kappa shape index (κ1) is 21.8. The lowest BCUT2D eigenvalue weighted by atomic mass is 9.86. The number of hydrogen-bond donors (Lipinski definition) is 1. The Balaban J connectivity index is 1.67. The summed E-state index contributed by atoms with van der Waals surface area (Å²) in [6.07, 6.45) is 4.12. The van der Waals surface area contributed by atoms with Crippen molar-refractivity contribution in [2.75, 3.05) is 0 Å². The predicted molar refractivity (Wildman–Crippen MR) is 132 cm³/mol. The van der Waals surface area contributed by atoms with Crippen molar-refractivity contribution in [1.82, 2.24) is 9.78 Å². The maximum absolute atomic E-state index is 11.4. The van der Waals surface area contributed by atoms with Gasteiger partial charge in [0.2, 0.25) is 5.91 Å². The Kier molecular flexibility index (Phi) is 5.88. The highest BCUT2D eigenvalue weighted by molar-refractivity contribution is 5.92. The van der Waals surface area contributed by atoms with Crippen LogP contribution in [0, 0.1) is 0 Å². The average Bonchev–Trinajstić information content (AvgIpc) is 3.20. The van der Waals surface area contributed by atoms with Crippen LogP contribution in [-0.2, 0) is 5.41 Å². The van der Waals surface area contributed by atoms with E-state index in [1.54, 1.807) is 12.1 Å². The number of aromatic nitrogens is 2. The molecule has 4 aromatic rings. The van der Waals surface area contributed by atoms with Gasteiger partial charge in [-0.15, -0.1) is 0 Å². The molecule has 1 unspecified atom stereocenters. The first-order valence-electron chi connectivity index (χ1n) is 11.3. The van der Waals surface area contributed by atoms with Crippen molar-refractivity contribution in [3.8, 4) is 11.1 Å². The van der Waals surface area contributed by atoms with Crippen LogP contribution in [0.4, 0.5) is 0 Å². The second-order valence-electron chi connectivity index (χ2n) is 9.50. The lowest BCUT2D eigenvalue weighted by molar-refractivity contribution is 0.1000. The van der Waals surface area contributed by atoms with E-state index in [-0.39, 0.29) is 11.5 Å². The third-order valence-electron chi connectivity index (χ3n) is 6.07. The molecule has 0 aliphatic carbocycles. The highest BCUT2D eigenvalue weighted by atomic mass is 16.1. The molecule has 4 heteroatoms. The molecule has 0 saturated carbocycles. The monoisotopic (exact) mass is 425 g/mol. The zero-order chi connectivity index (χ0) is 22.9. The number of hydrogen-bond acceptors (Lipinski definition) is 2. The van der Waals surface area contributed by atoms with E-state index in [0.717, 1.165) is 29.3 Å². The molecular formula is C28H31N3O. The third-order valence-corrected chi connectivity index (χ3v) is 6.07. The molecule has 0 spiro atoms. The quantitative estimate of drug-likeness (QED) is 0.384. The number of amides is 1. The number of fused-ring (bicyclic) bond motifs is 1. The van der Waals surface area contributed by atoms with Crippen LogP contribution in [-0.4, -0.2) is 15.7 Å². The van der Waals surface area contributed by atoms with E-state index in [0.29, 0.717) is 5.56 Å². The van der Waals surface area contributed by atoms with Crippen molar-refractivity contribution >= 4 is 16.8 Å². The van der Waals surface area contributed by atoms with Crippen LogP contribution in [0.3, 0.4) is 0 Å². The first-order valence-corrected chi connectivity index (χ1v) is 11.3. The van der Waals surface area contributed by atoms with Crippen LogP contribution in [0.2, 0.25) is 0 Å². The number of nitrogens with two attached hydrogens (primary N) is 1. The van der Waals surface area contributed by atoms with E-state index in [9.17, 15) is 4.79 Å². The third kappa shape index (κ3) is 4.45. The summed E-state index contributed by atoms with van der Waals surface area (Å²) in [7, 11) is 0. The summed E-state index contributed by atoms with van der Waals surface area (Å²) in [5.74, 6) is -0.406. The Morgan fingerprint density at radius 2 is 1.62 bits per heavy atom. The Bertz CT molecular complexity index is 1230. The Morgan fingerprint density at radius 3 is 2.22 bits per heavy atom. The molecule has 0 bridgehead atoms. The number of carbonyl (C=O) groups is 1. The van der Waals surface area contributed by atoms with Crippen LogP contribution in [0.1, 0.15) is 68.1 Å². The molecule has 32 heavy (non-hydrogen) atoms. The molecule has 1 aromatic heterocycles. The van der Waals surface area contributed by atoms with Gasteiger partial charge in [0.1, 0.15) is 0 Å². The number of primary amides is 1. The Hall–Kier alpha value is -3.40. The molecule has 4 rings (SSSR count). The van der Waals surface area contributed by atoms with E-state index < -0.39 is 5.91 Å². The van der Waals surface area contributed by atoms with Crippen molar-refractivity contribution in [1.29, 1.82) is 0 Å². The molecule has 164 valence electrons. The number of benzene rings is 3. The molecule has 0 aliphatic rings. The van der Waals surface area contributed by atoms with Crippen molar-refractivity contribution in [2.24, 2.45) is 5.73 Å². The molecule has 1 heterocycles. The van der Waals surface area contributed by atoms with Crippen LogP contribution < -0.4 is 5.73 Å². The predicted octanol–water partition coefficient (Wildman–Crippen LogP) is 6.49. The lowest BCUT2D eigenvalue weighted by Gasteiger charge is -2.19. The molecule has 0 fully saturated rings. The number of carbonyl (C=O) groups excluding carboxylic acids is 1. The largest absolute Gasteiger partial charge is 0.366 e. The maximum atomic E-state index is 11.4. The smallest absolute Gasteiger partial charge is 0.248 e. The molecule has 0 saturated heterocycles. The Labute approximate surface area is 190 Å². The number of nitrogens with zero attached hydrogens (tertiary/aromatic N) is 2. The van der Waals surface area contributed by atoms with E-state index in [2.05, 4.69) is 81.0 Å². The highest BCUT2D eigenvalue weighted by Crippen LogP contribution is 2.30. The van der Waals surface area contributed by atoms with Crippen LogP contribution >= 0.6 is 0 Å². The molecule has 1 amide bonds. The van der Waals surface area contributed by atoms with Crippen LogP contribution in [0.5, 0.6) is 0 Å². The first-order chi connectivity index (χ1) is 15.3. The van der Waals surface area contributed by atoms with Crippen molar-refractivity contribution in [3.05, 3.63) is 89.6 Å². The van der Waals surface area contributed by atoms with Gasteiger partial charge in [-0.2, -0.15) is 5.10 Å². The van der Waals surface area contributed by atoms with Gasteiger partial charge >= 0.3 is 0 Å². The molecule has 0 radical (unpaired) electrons. The van der Waals surface area contributed by atoms with Crippen LogP contribution in [0.25, 0.3) is 22.0 Å². The minimum absolute atomic E-state index is 0.115. The summed E-state index contributed by atoms with van der Waals surface area (Å²) in [4.78, 5) is 11.4. The number of rotatable bonds is 6. The van der Waals surface area contributed by atoms with Gasteiger partial charge in [-0.1, -0.05) is 76.6 Å². The van der Waals surface area contributed by atoms with Gasteiger partial charge in [0.15, 0.2) is 0 Å². The summed E-state index contributed by atoms with van der Waals surface area (Å²) in [6, 6.07) is 23.0. The van der Waals surface area contributed by atoms with Gasteiger partial charge in [0.05, 0.1) is 11.6 Å². The topological polar surface area (TPSA) is 60.9 Å². The van der Waals surface area contributed by atoms with E-state index in [1.165, 1.54) is 16.7 Å². The SMILES string of the molecule is CCCC(c1ccc(C(N)=O)cc1)n1cc2cc(-c3ccc(C(C)(C)C)cc3)ccc2n1. The van der Waals surface area contributed by atoms with Gasteiger partial charge in [-0.3, -0.25) is 9.48 Å². The fourth-order valence-electron chi connectivity index (χ4n) is 4.14. The van der Waals surface area contributed by atoms with Gasteiger partial charge in [0, 0.05) is 17.1 Å². The standard InChI is InChI=1S/C28H31N3O/c1-5-6-26(20-7-9-21(10-8-20)27(29)32)31-18-23-17-22(13-16-25(23)30-31)19-11-14-24(15-12-19)28(2,3)4/h7-18,26H,5-6H2,1-4H3,(H2,29,32). The molecule has 1 atom stereocenters. The Morgan fingerprint density at radius 1 is 0.969 bits per heavy atom. The fourth-order valence-corrected chi connectivity index (χ4v) is 4.14. The maximum Gasteiger partial charge on any atom is 0.248 e. The minimum Gasteiger partial charge on any atom is -0.366 e. The van der Waals surface area contributed by atoms with Gasteiger partial charge in [-0.25, -0.2) is 0 Å². The molecule has 0 aliphatic heterocycles. The van der Waals surface area contributed by atoms with E-state index in [1.807, 2.05) is 12.1 Å². The van der Waals surface area contributed by atoms with Gasteiger partial charge < -0.3 is 5.73 Å². The molecule has 4 nitrogen and oxygen atoms in total. The molecular weight excluding hydrogens is 394 g/mol. The highest BCUT2D eigenvalue weighted by Gasteiger charge is 2.16. The summed E-state index contributed by atoms with van der Waals surface area (Å²) in [6.45, 7) is 8.87. The normalized spacial score (nSPS) is 12.8. The van der Waals surface area contributed by atoms with Crippen molar-refractivity contribution < 1.29 is 4.79 Å². The average molecular weight is 426 g/mol. The summed E-state index contributed by atoms with van der Waals surface area (Å²) >= 11 is 0. The lowest BCUT2D eigenvalue weighted by Crippen LogP contribution is -2.13. The second-order valence-corrected chi connectivity index (χ2v) is 9.50. The zero-order valence-electron chi connectivity index (χ0n) is 19.3. The fraction of sp³-hybridized carbons (Fsp3) is 0.286. The zero-order valence-corrected chi connectivity index (χ0v) is 19.3. The van der Waals surface area contributed by atoms with E-state index >= 15 is 0 Å². The van der Waals surface area contributed by atoms with E-state index in [4.69, 9.17) is 10.8 Å². The second kappa shape index (κ2) is 8.62. The van der Waals surface area contributed by atoms with Crippen LogP contribution in [0.15, 0.2) is 72.9 Å². The minimum atomic E-state index is -0.406. The van der Waals surface area contributed by atoms with Crippen molar-refractivity contribution in [3.63, 3.8) is 0 Å². The summed E-state index contributed by atoms with van der Waals surface area (Å²) in [5, 5.41) is 5.99. The molecule has 3 aromatic carbocycles. The van der Waals surface area contributed by atoms with Crippen molar-refractivity contribution in [2.45, 2.75) is 52.0 Å². The van der Waals surface area contributed by atoms with Gasteiger partial charge in [-0.05, 0) is 58.4 Å². The van der Waals surface area contributed by atoms with Gasteiger partial charge in [0.25, 0.3) is 0 Å². The summed E-state index contributed by atoms with van der Waals surface area (Å²) < 4.78 is 2.06.